The van der Waals surface area contributed by atoms with E-state index in [4.69, 9.17) is 5.11 Å². The van der Waals surface area contributed by atoms with Crippen LogP contribution in [0.15, 0.2) is 24.3 Å². The Morgan fingerprint density at radius 3 is 2.70 bits per heavy atom. The summed E-state index contributed by atoms with van der Waals surface area (Å²) in [6.45, 7) is 0.980. The summed E-state index contributed by atoms with van der Waals surface area (Å²) < 4.78 is 12.8. The number of amides is 1. The van der Waals surface area contributed by atoms with Gasteiger partial charge in [-0.2, -0.15) is 0 Å². The molecule has 1 unspecified atom stereocenters. The molecule has 1 fully saturated rings. The van der Waals surface area contributed by atoms with E-state index in [1.807, 2.05) is 4.90 Å². The van der Waals surface area contributed by atoms with Crippen molar-refractivity contribution in [2.75, 3.05) is 13.1 Å². The molecule has 0 bridgehead atoms. The van der Waals surface area contributed by atoms with E-state index >= 15 is 0 Å². The van der Waals surface area contributed by atoms with Gasteiger partial charge in [-0.1, -0.05) is 12.1 Å². The number of hydrogen-bond acceptors (Lipinski definition) is 3. The predicted molar refractivity (Wildman–Crippen MR) is 70.5 cm³/mol. The zero-order chi connectivity index (χ0) is 14.5. The maximum Gasteiger partial charge on any atom is 0.322 e. The second-order valence-corrected chi connectivity index (χ2v) is 4.87. The molecule has 1 aliphatic heterocycles. The molecule has 0 spiro atoms. The van der Waals surface area contributed by atoms with Gasteiger partial charge in [0, 0.05) is 6.54 Å². The lowest BCUT2D eigenvalue weighted by atomic mass is 10.1. The Kier molecular flexibility index (Phi) is 4.68. The number of nitrogens with one attached hydrogen (secondary N) is 1. The van der Waals surface area contributed by atoms with Crippen molar-refractivity contribution >= 4 is 11.9 Å². The number of nitrogens with zero attached hydrogens (tertiary/aromatic N) is 1. The van der Waals surface area contributed by atoms with Gasteiger partial charge in [-0.25, -0.2) is 4.39 Å². The lowest BCUT2D eigenvalue weighted by molar-refractivity contribution is -0.138. The number of rotatable bonds is 5. The van der Waals surface area contributed by atoms with Crippen molar-refractivity contribution in [3.63, 3.8) is 0 Å². The van der Waals surface area contributed by atoms with Crippen LogP contribution in [0.2, 0.25) is 0 Å². The van der Waals surface area contributed by atoms with Crippen LogP contribution in [0.25, 0.3) is 0 Å². The molecule has 1 amide bonds. The molecule has 1 aromatic rings. The molecule has 1 aromatic carbocycles. The third-order valence-corrected chi connectivity index (χ3v) is 3.38. The number of likely N-dealkylation sites (tertiary alicyclic amines) is 1. The molecule has 108 valence electrons. The summed E-state index contributed by atoms with van der Waals surface area (Å²) in [5.74, 6) is -1.60. The molecule has 0 saturated carbocycles. The average Bonchev–Trinajstić information content (AvgIpc) is 2.87. The molecule has 20 heavy (non-hydrogen) atoms. The van der Waals surface area contributed by atoms with E-state index in [-0.39, 0.29) is 24.3 Å². The van der Waals surface area contributed by atoms with Crippen molar-refractivity contribution in [1.29, 1.82) is 0 Å². The highest BCUT2D eigenvalue weighted by Gasteiger charge is 2.30. The van der Waals surface area contributed by atoms with Crippen molar-refractivity contribution in [2.45, 2.75) is 25.4 Å². The molecule has 0 aromatic heterocycles. The number of halogens is 1. The van der Waals surface area contributed by atoms with E-state index in [0.717, 1.165) is 18.5 Å². The minimum atomic E-state index is -1.05. The first-order valence-corrected chi connectivity index (χ1v) is 6.54. The first-order chi connectivity index (χ1) is 9.56. The fourth-order valence-electron chi connectivity index (χ4n) is 2.42. The fraction of sp³-hybridized carbons (Fsp3) is 0.429. The van der Waals surface area contributed by atoms with Crippen LogP contribution < -0.4 is 5.32 Å². The van der Waals surface area contributed by atoms with Gasteiger partial charge >= 0.3 is 5.97 Å². The predicted octanol–water partition coefficient (Wildman–Crippen LogP) is 0.991. The van der Waals surface area contributed by atoms with Crippen LogP contribution in [-0.4, -0.2) is 41.0 Å². The van der Waals surface area contributed by atoms with Crippen LogP contribution >= 0.6 is 0 Å². The van der Waals surface area contributed by atoms with Gasteiger partial charge in [0.15, 0.2) is 0 Å². The number of benzene rings is 1. The summed E-state index contributed by atoms with van der Waals surface area (Å²) in [6.07, 6.45) is 1.61. The van der Waals surface area contributed by atoms with Crippen LogP contribution in [0.4, 0.5) is 4.39 Å². The van der Waals surface area contributed by atoms with E-state index in [9.17, 15) is 14.0 Å². The van der Waals surface area contributed by atoms with Crippen molar-refractivity contribution in [2.24, 2.45) is 0 Å². The molecule has 1 aliphatic rings. The number of carbonyl (C=O) groups excluding carboxylic acids is 1. The van der Waals surface area contributed by atoms with Gasteiger partial charge in [0.2, 0.25) is 5.91 Å². The Morgan fingerprint density at radius 2 is 2.05 bits per heavy atom. The average molecular weight is 280 g/mol. The molecule has 2 rings (SSSR count). The highest BCUT2D eigenvalue weighted by Crippen LogP contribution is 2.20. The Hall–Kier alpha value is -1.95. The summed E-state index contributed by atoms with van der Waals surface area (Å²) in [4.78, 5) is 24.4. The SMILES string of the molecule is O=C(O)CNC(=O)C1CCCN1Cc1ccc(F)cc1. The van der Waals surface area contributed by atoms with Crippen molar-refractivity contribution in [3.8, 4) is 0 Å². The zero-order valence-electron chi connectivity index (χ0n) is 11.0. The molecule has 1 heterocycles. The minimum absolute atomic E-state index is 0.257. The van der Waals surface area contributed by atoms with E-state index in [0.29, 0.717) is 13.0 Å². The third-order valence-electron chi connectivity index (χ3n) is 3.38. The Labute approximate surface area is 116 Å². The number of carboxylic acid groups (broad SMARTS) is 1. The molecule has 1 saturated heterocycles. The first-order valence-electron chi connectivity index (χ1n) is 6.54. The van der Waals surface area contributed by atoms with Gasteiger partial charge in [0.05, 0.1) is 6.04 Å². The molecule has 5 nitrogen and oxygen atoms in total. The fourth-order valence-corrected chi connectivity index (χ4v) is 2.42. The topological polar surface area (TPSA) is 69.6 Å². The summed E-state index contributed by atoms with van der Waals surface area (Å²) in [7, 11) is 0. The van der Waals surface area contributed by atoms with Crippen LogP contribution in [0.1, 0.15) is 18.4 Å². The van der Waals surface area contributed by atoms with Crippen LogP contribution in [-0.2, 0) is 16.1 Å². The highest BCUT2D eigenvalue weighted by atomic mass is 19.1. The van der Waals surface area contributed by atoms with E-state index in [2.05, 4.69) is 5.32 Å². The lowest BCUT2D eigenvalue weighted by Crippen LogP contribution is -2.44. The molecule has 1 atom stereocenters. The minimum Gasteiger partial charge on any atom is -0.480 e. The Bertz CT molecular complexity index is 490. The highest BCUT2D eigenvalue weighted by molar-refractivity contribution is 5.85. The first kappa shape index (κ1) is 14.5. The van der Waals surface area contributed by atoms with E-state index in [1.54, 1.807) is 12.1 Å². The lowest BCUT2D eigenvalue weighted by Gasteiger charge is -2.23. The van der Waals surface area contributed by atoms with Gasteiger partial charge in [-0.3, -0.25) is 14.5 Å². The molecule has 0 radical (unpaired) electrons. The monoisotopic (exact) mass is 280 g/mol. The molecule has 2 N–H and O–H groups in total. The van der Waals surface area contributed by atoms with Crippen molar-refractivity contribution in [1.82, 2.24) is 10.2 Å². The van der Waals surface area contributed by atoms with Crippen molar-refractivity contribution in [3.05, 3.63) is 35.6 Å². The standard InChI is InChI=1S/C14H17FN2O3/c15-11-5-3-10(4-6-11)9-17-7-1-2-12(17)14(20)16-8-13(18)19/h3-6,12H,1-2,7-9H2,(H,16,20)(H,18,19). The summed E-state index contributed by atoms with van der Waals surface area (Å²) >= 11 is 0. The molecular formula is C14H17FN2O3. The van der Waals surface area contributed by atoms with Gasteiger partial charge in [0.25, 0.3) is 0 Å². The molecular weight excluding hydrogens is 263 g/mol. The summed E-state index contributed by atoms with van der Waals surface area (Å²) in [5.41, 5.74) is 0.935. The second kappa shape index (κ2) is 6.47. The van der Waals surface area contributed by atoms with Gasteiger partial charge in [-0.15, -0.1) is 0 Å². The maximum atomic E-state index is 12.8. The van der Waals surface area contributed by atoms with Crippen molar-refractivity contribution < 1.29 is 19.1 Å². The largest absolute Gasteiger partial charge is 0.480 e. The van der Waals surface area contributed by atoms with Crippen LogP contribution in [0.5, 0.6) is 0 Å². The molecule has 0 aliphatic carbocycles. The molecule has 6 heteroatoms. The maximum absolute atomic E-state index is 12.8. The number of aliphatic carboxylic acids is 1. The van der Waals surface area contributed by atoms with Gasteiger partial charge < -0.3 is 10.4 Å². The van der Waals surface area contributed by atoms with Crippen LogP contribution in [0.3, 0.4) is 0 Å². The quantitative estimate of drug-likeness (QED) is 0.844. The summed E-state index contributed by atoms with van der Waals surface area (Å²) in [5, 5.41) is 11.0. The van der Waals surface area contributed by atoms with Crippen LogP contribution in [0, 0.1) is 5.82 Å². The second-order valence-electron chi connectivity index (χ2n) is 4.87. The Morgan fingerprint density at radius 1 is 1.35 bits per heavy atom. The number of hydrogen-bond donors (Lipinski definition) is 2. The zero-order valence-corrected chi connectivity index (χ0v) is 11.0. The van der Waals surface area contributed by atoms with Gasteiger partial charge in [-0.05, 0) is 37.1 Å². The third kappa shape index (κ3) is 3.77. The van der Waals surface area contributed by atoms with E-state index < -0.39 is 5.97 Å². The van der Waals surface area contributed by atoms with E-state index in [1.165, 1.54) is 12.1 Å². The Balaban J connectivity index is 1.94. The summed E-state index contributed by atoms with van der Waals surface area (Å²) in [6, 6.07) is 5.87. The van der Waals surface area contributed by atoms with Gasteiger partial charge in [0.1, 0.15) is 12.4 Å². The smallest absolute Gasteiger partial charge is 0.322 e. The number of carboxylic acids is 1. The number of carbonyl (C=O) groups is 2. The normalized spacial score (nSPS) is 18.9.